The Kier molecular flexibility index (Phi) is 7.80. The molecule has 1 aliphatic heterocycles. The van der Waals surface area contributed by atoms with Crippen LogP contribution in [0.4, 0.5) is 10.8 Å². The Balaban J connectivity index is 1.56. The number of amides is 1. The van der Waals surface area contributed by atoms with E-state index in [1.54, 1.807) is 42.5 Å². The Morgan fingerprint density at radius 1 is 1.10 bits per heavy atom. The summed E-state index contributed by atoms with van der Waals surface area (Å²) in [7, 11) is 0. The fraction of sp³-hybridized carbons (Fsp3) is 0.0769. The number of nitrogens with zero attached hydrogens (tertiary/aromatic N) is 4. The maximum atomic E-state index is 13.3. The van der Waals surface area contributed by atoms with E-state index in [9.17, 15) is 24.8 Å². The molecule has 0 saturated carbocycles. The Morgan fingerprint density at radius 2 is 1.82 bits per heavy atom. The molecule has 0 aliphatic carbocycles. The number of aromatic nitrogens is 2. The summed E-state index contributed by atoms with van der Waals surface area (Å²) in [6, 6.07) is 18.3. The van der Waals surface area contributed by atoms with Crippen molar-refractivity contribution in [1.82, 2.24) is 10.2 Å². The van der Waals surface area contributed by atoms with E-state index in [4.69, 9.17) is 11.6 Å². The van der Waals surface area contributed by atoms with Gasteiger partial charge in [-0.25, -0.2) is 0 Å². The molecule has 2 heterocycles. The van der Waals surface area contributed by atoms with Crippen molar-refractivity contribution < 1.29 is 19.6 Å². The summed E-state index contributed by atoms with van der Waals surface area (Å²) in [5.41, 5.74) is 1.16. The van der Waals surface area contributed by atoms with Crippen molar-refractivity contribution >= 4 is 78.9 Å². The molecule has 1 aromatic heterocycles. The summed E-state index contributed by atoms with van der Waals surface area (Å²) in [5.74, 6) is -1.68. The number of aliphatic hydroxyl groups excluding tert-OH is 1. The molecule has 1 N–H and O–H groups in total. The fourth-order valence-electron chi connectivity index (χ4n) is 4.00. The van der Waals surface area contributed by atoms with Crippen LogP contribution in [0.25, 0.3) is 5.76 Å². The standard InChI is InChI=1S/C26H16BrClN4O5S2/c27-17-8-6-15(7-9-17)22(33)20-21(16-2-1-3-19(12-16)32(36)37)31(24(35)23(20)34)25-29-30-26(39-25)38-13-14-4-10-18(28)11-5-14/h1-12,21,33H,13H2/b22-20-. The minimum atomic E-state index is -1.16. The highest BCUT2D eigenvalue weighted by molar-refractivity contribution is 9.10. The average Bonchev–Trinajstić information content (AvgIpc) is 3.50. The van der Waals surface area contributed by atoms with Crippen molar-refractivity contribution in [3.8, 4) is 0 Å². The number of rotatable bonds is 7. The van der Waals surface area contributed by atoms with E-state index in [0.717, 1.165) is 26.3 Å². The summed E-state index contributed by atoms with van der Waals surface area (Å²) in [4.78, 5) is 38.7. The van der Waals surface area contributed by atoms with Crippen LogP contribution in [-0.4, -0.2) is 31.9 Å². The third kappa shape index (κ3) is 5.59. The zero-order chi connectivity index (χ0) is 27.7. The lowest BCUT2D eigenvalue weighted by molar-refractivity contribution is -0.384. The fourth-order valence-corrected chi connectivity index (χ4v) is 6.21. The van der Waals surface area contributed by atoms with E-state index < -0.39 is 28.4 Å². The Hall–Kier alpha value is -3.58. The minimum absolute atomic E-state index is 0.127. The van der Waals surface area contributed by atoms with Crippen molar-refractivity contribution in [2.75, 3.05) is 4.90 Å². The number of carbonyl (C=O) groups is 2. The van der Waals surface area contributed by atoms with Gasteiger partial charge < -0.3 is 5.11 Å². The molecule has 1 fully saturated rings. The minimum Gasteiger partial charge on any atom is -0.507 e. The highest BCUT2D eigenvalue weighted by atomic mass is 79.9. The molecule has 39 heavy (non-hydrogen) atoms. The number of benzene rings is 3. The summed E-state index contributed by atoms with van der Waals surface area (Å²) < 4.78 is 1.31. The molecule has 1 aliphatic rings. The summed E-state index contributed by atoms with van der Waals surface area (Å²) >= 11 is 11.8. The van der Waals surface area contributed by atoms with Crippen LogP contribution in [0, 0.1) is 10.1 Å². The van der Waals surface area contributed by atoms with E-state index in [-0.39, 0.29) is 22.0 Å². The molecule has 1 saturated heterocycles. The average molecular weight is 644 g/mol. The first-order chi connectivity index (χ1) is 18.7. The molecular formula is C26H16BrClN4O5S2. The van der Waals surface area contributed by atoms with Gasteiger partial charge in [0, 0.05) is 32.9 Å². The topological polar surface area (TPSA) is 127 Å². The van der Waals surface area contributed by atoms with Crippen LogP contribution in [0.15, 0.2) is 87.2 Å². The van der Waals surface area contributed by atoms with Crippen LogP contribution >= 0.6 is 50.6 Å². The van der Waals surface area contributed by atoms with Crippen LogP contribution in [0.2, 0.25) is 5.02 Å². The largest absolute Gasteiger partial charge is 0.507 e. The lowest BCUT2D eigenvalue weighted by Crippen LogP contribution is -2.29. The molecule has 0 bridgehead atoms. The lowest BCUT2D eigenvalue weighted by Gasteiger charge is -2.22. The number of non-ortho nitro benzene ring substituents is 1. The first kappa shape index (κ1) is 27.0. The number of anilines is 1. The molecule has 4 aromatic rings. The van der Waals surface area contributed by atoms with E-state index in [2.05, 4.69) is 26.1 Å². The van der Waals surface area contributed by atoms with Crippen LogP contribution in [0.1, 0.15) is 22.7 Å². The maximum Gasteiger partial charge on any atom is 0.301 e. The van der Waals surface area contributed by atoms with E-state index in [1.165, 1.54) is 30.0 Å². The quantitative estimate of drug-likeness (QED) is 0.0444. The third-order valence-corrected chi connectivity index (χ3v) is 8.74. The number of hydrogen-bond acceptors (Lipinski definition) is 9. The van der Waals surface area contributed by atoms with Crippen molar-refractivity contribution in [1.29, 1.82) is 0 Å². The highest BCUT2D eigenvalue weighted by Gasteiger charge is 2.48. The van der Waals surface area contributed by atoms with Gasteiger partial charge in [-0.1, -0.05) is 87.0 Å². The number of Topliss-reactive ketones (excluding diaryl/α,β-unsaturated/α-hetero) is 1. The molecule has 3 aromatic carbocycles. The number of halogens is 2. The number of aliphatic hydroxyl groups is 1. The Morgan fingerprint density at radius 3 is 2.51 bits per heavy atom. The first-order valence-corrected chi connectivity index (χ1v) is 14.2. The monoisotopic (exact) mass is 642 g/mol. The molecule has 196 valence electrons. The van der Waals surface area contributed by atoms with Crippen LogP contribution in [-0.2, 0) is 15.3 Å². The number of nitro benzene ring substituents is 1. The predicted octanol–water partition coefficient (Wildman–Crippen LogP) is 6.78. The van der Waals surface area contributed by atoms with E-state index >= 15 is 0 Å². The molecule has 5 rings (SSSR count). The molecule has 9 nitrogen and oxygen atoms in total. The summed E-state index contributed by atoms with van der Waals surface area (Å²) in [6.45, 7) is 0. The van der Waals surface area contributed by atoms with Crippen LogP contribution in [0.3, 0.4) is 0 Å². The lowest BCUT2D eigenvalue weighted by atomic mass is 9.95. The van der Waals surface area contributed by atoms with Gasteiger partial charge >= 0.3 is 5.91 Å². The van der Waals surface area contributed by atoms with Gasteiger partial charge in [0.2, 0.25) is 5.13 Å². The molecule has 0 radical (unpaired) electrons. The zero-order valence-electron chi connectivity index (χ0n) is 19.7. The van der Waals surface area contributed by atoms with Crippen molar-refractivity contribution in [3.05, 3.63) is 115 Å². The second-order valence-corrected chi connectivity index (χ2v) is 11.8. The van der Waals surface area contributed by atoms with Crippen molar-refractivity contribution in [2.45, 2.75) is 16.1 Å². The van der Waals surface area contributed by atoms with Gasteiger partial charge in [0.25, 0.3) is 11.5 Å². The van der Waals surface area contributed by atoms with Gasteiger partial charge in [0.15, 0.2) is 4.34 Å². The van der Waals surface area contributed by atoms with Gasteiger partial charge in [0.05, 0.1) is 16.5 Å². The van der Waals surface area contributed by atoms with E-state index in [0.29, 0.717) is 20.7 Å². The Labute approximate surface area is 243 Å². The third-order valence-electron chi connectivity index (χ3n) is 5.84. The highest BCUT2D eigenvalue weighted by Crippen LogP contribution is 2.44. The van der Waals surface area contributed by atoms with Crippen LogP contribution < -0.4 is 4.90 Å². The second-order valence-electron chi connectivity index (χ2n) is 8.29. The summed E-state index contributed by atoms with van der Waals surface area (Å²) in [6.07, 6.45) is 0. The molecule has 0 spiro atoms. The van der Waals surface area contributed by atoms with Gasteiger partial charge in [-0.05, 0) is 35.4 Å². The van der Waals surface area contributed by atoms with Crippen LogP contribution in [0.5, 0.6) is 0 Å². The van der Waals surface area contributed by atoms with Gasteiger partial charge in [-0.15, -0.1) is 10.2 Å². The number of ketones is 1. The van der Waals surface area contributed by atoms with Gasteiger partial charge in [-0.3, -0.25) is 24.6 Å². The number of hydrogen-bond donors (Lipinski definition) is 1. The van der Waals surface area contributed by atoms with Gasteiger partial charge in [-0.2, -0.15) is 0 Å². The normalized spacial score (nSPS) is 16.6. The second kappa shape index (κ2) is 11.3. The van der Waals surface area contributed by atoms with Crippen molar-refractivity contribution in [3.63, 3.8) is 0 Å². The van der Waals surface area contributed by atoms with Gasteiger partial charge in [0.1, 0.15) is 5.76 Å². The smallest absolute Gasteiger partial charge is 0.301 e. The zero-order valence-corrected chi connectivity index (χ0v) is 23.6. The predicted molar refractivity (Wildman–Crippen MR) is 153 cm³/mol. The molecule has 1 atom stereocenters. The summed E-state index contributed by atoms with van der Waals surface area (Å²) in [5, 5.41) is 31.8. The number of carbonyl (C=O) groups excluding carboxylic acids is 2. The first-order valence-electron chi connectivity index (χ1n) is 11.2. The SMILES string of the molecule is O=C1C(=O)N(c2nnc(SCc3ccc(Cl)cc3)s2)C(c2cccc([N+](=O)[O-])c2)/C1=C(/O)c1ccc(Br)cc1. The molecule has 13 heteroatoms. The van der Waals surface area contributed by atoms with E-state index in [1.807, 2.05) is 12.1 Å². The Bertz CT molecular complexity index is 1630. The molecular weight excluding hydrogens is 628 g/mol. The molecule has 1 unspecified atom stereocenters. The molecule has 1 amide bonds. The maximum absolute atomic E-state index is 13.3. The number of thioether (sulfide) groups is 1. The van der Waals surface area contributed by atoms with Crippen molar-refractivity contribution in [2.24, 2.45) is 0 Å². The number of nitro groups is 1.